The van der Waals surface area contributed by atoms with Crippen LogP contribution < -0.4 is 9.47 Å². The minimum Gasteiger partial charge on any atom is -0.419 e. The van der Waals surface area contributed by atoms with E-state index in [1.54, 1.807) is 12.1 Å². The van der Waals surface area contributed by atoms with Crippen molar-refractivity contribution in [2.45, 2.75) is 6.92 Å². The van der Waals surface area contributed by atoms with Crippen LogP contribution in [0.2, 0.25) is 0 Å². The van der Waals surface area contributed by atoms with Crippen LogP contribution in [0, 0.1) is 29.6 Å². The van der Waals surface area contributed by atoms with Crippen molar-refractivity contribution in [2.75, 3.05) is 0 Å². The van der Waals surface area contributed by atoms with Gasteiger partial charge in [0.15, 0.2) is 11.5 Å². The van der Waals surface area contributed by atoms with Crippen LogP contribution in [0.5, 0.6) is 11.5 Å². The normalized spacial score (nSPS) is 9.76. The quantitative estimate of drug-likeness (QED) is 0.496. The van der Waals surface area contributed by atoms with Crippen LogP contribution in [-0.4, -0.2) is 11.9 Å². The van der Waals surface area contributed by atoms with E-state index in [9.17, 15) is 9.59 Å². The molecule has 6 nitrogen and oxygen atoms in total. The fourth-order valence-electron chi connectivity index (χ4n) is 2.46. The van der Waals surface area contributed by atoms with Crippen molar-refractivity contribution in [3.8, 4) is 23.6 Å². The molecule has 140 valence electrons. The molecule has 0 N–H and O–H groups in total. The molecule has 0 unspecified atom stereocenters. The summed E-state index contributed by atoms with van der Waals surface area (Å²) in [5, 5.41) is 17.7. The molecule has 0 radical (unpaired) electrons. The average Bonchev–Trinajstić information content (AvgIpc) is 2.75. The third kappa shape index (κ3) is 4.65. The topological polar surface area (TPSA) is 100 Å². The Labute approximate surface area is 167 Å². The van der Waals surface area contributed by atoms with Crippen LogP contribution in [0.25, 0.3) is 0 Å². The van der Waals surface area contributed by atoms with Gasteiger partial charge >= 0.3 is 11.9 Å². The highest BCUT2D eigenvalue weighted by Gasteiger charge is 2.16. The molecule has 3 aromatic rings. The van der Waals surface area contributed by atoms with Gasteiger partial charge in [-0.2, -0.15) is 10.5 Å². The third-order valence-electron chi connectivity index (χ3n) is 4.00. The molecule has 0 saturated heterocycles. The van der Waals surface area contributed by atoms with Crippen molar-refractivity contribution in [3.63, 3.8) is 0 Å². The van der Waals surface area contributed by atoms with Gasteiger partial charge in [-0.25, -0.2) is 9.59 Å². The second kappa shape index (κ2) is 8.51. The Morgan fingerprint density at radius 3 is 1.59 bits per heavy atom. The number of benzene rings is 3. The van der Waals surface area contributed by atoms with Crippen molar-refractivity contribution >= 4 is 11.9 Å². The maximum atomic E-state index is 12.4. The summed E-state index contributed by atoms with van der Waals surface area (Å²) in [5.74, 6) is -1.10. The maximum absolute atomic E-state index is 12.4. The smallest absolute Gasteiger partial charge is 0.343 e. The largest absolute Gasteiger partial charge is 0.419 e. The lowest BCUT2D eigenvalue weighted by molar-refractivity contribution is 0.0682. The summed E-state index contributed by atoms with van der Waals surface area (Å²) in [6.45, 7) is 1.81. The molecule has 0 aliphatic rings. The first-order valence-corrected chi connectivity index (χ1v) is 8.55. The van der Waals surface area contributed by atoms with Gasteiger partial charge in [0.2, 0.25) is 0 Å². The van der Waals surface area contributed by atoms with Crippen LogP contribution in [0.3, 0.4) is 0 Å². The van der Waals surface area contributed by atoms with Gasteiger partial charge in [0, 0.05) is 0 Å². The Morgan fingerprint density at radius 2 is 1.14 bits per heavy atom. The van der Waals surface area contributed by atoms with E-state index in [0.29, 0.717) is 11.1 Å². The second-order valence-electron chi connectivity index (χ2n) is 6.11. The van der Waals surface area contributed by atoms with E-state index in [1.807, 2.05) is 19.1 Å². The van der Waals surface area contributed by atoms with Crippen molar-refractivity contribution in [2.24, 2.45) is 0 Å². The second-order valence-corrected chi connectivity index (χ2v) is 6.11. The van der Waals surface area contributed by atoms with Crippen molar-refractivity contribution < 1.29 is 19.1 Å². The third-order valence-corrected chi connectivity index (χ3v) is 4.00. The number of hydrogen-bond donors (Lipinski definition) is 0. The minimum absolute atomic E-state index is 0.0898. The van der Waals surface area contributed by atoms with E-state index in [1.165, 1.54) is 54.6 Å². The standard InChI is InChI=1S/C23H14N2O4/c1-15-2-11-20(28-22(26)18-7-3-16(13-24)4-8-18)21(12-15)29-23(27)19-9-5-17(14-25)6-10-19/h2-12H,1H3. The zero-order valence-electron chi connectivity index (χ0n) is 15.4. The molecule has 0 spiro atoms. The molecule has 0 amide bonds. The molecule has 0 bridgehead atoms. The minimum atomic E-state index is -0.644. The van der Waals surface area contributed by atoms with E-state index in [-0.39, 0.29) is 22.6 Å². The lowest BCUT2D eigenvalue weighted by atomic mass is 10.1. The predicted molar refractivity (Wildman–Crippen MR) is 103 cm³/mol. The van der Waals surface area contributed by atoms with Gasteiger partial charge in [-0.05, 0) is 73.2 Å². The van der Waals surface area contributed by atoms with Gasteiger partial charge < -0.3 is 9.47 Å². The highest BCUT2D eigenvalue weighted by Crippen LogP contribution is 2.30. The molecule has 0 aliphatic heterocycles. The number of ether oxygens (including phenoxy) is 2. The lowest BCUT2D eigenvalue weighted by Crippen LogP contribution is -2.12. The summed E-state index contributed by atoms with van der Waals surface area (Å²) in [7, 11) is 0. The average molecular weight is 382 g/mol. The van der Waals surface area contributed by atoms with Crippen LogP contribution in [-0.2, 0) is 0 Å². The number of nitrogens with zero attached hydrogens (tertiary/aromatic N) is 2. The molecule has 3 rings (SSSR count). The van der Waals surface area contributed by atoms with E-state index in [4.69, 9.17) is 20.0 Å². The Kier molecular flexibility index (Phi) is 5.68. The van der Waals surface area contributed by atoms with Crippen LogP contribution in [0.4, 0.5) is 0 Å². The summed E-state index contributed by atoms with van der Waals surface area (Å²) in [6, 6.07) is 20.8. The Balaban J connectivity index is 1.81. The van der Waals surface area contributed by atoms with E-state index < -0.39 is 11.9 Å². The molecule has 0 saturated carbocycles. The molecule has 3 aromatic carbocycles. The number of aryl methyl sites for hydroxylation is 1. The predicted octanol–water partition coefficient (Wildman–Crippen LogP) is 4.18. The van der Waals surface area contributed by atoms with Gasteiger partial charge in [-0.1, -0.05) is 6.07 Å². The summed E-state index contributed by atoms with van der Waals surface area (Å²) < 4.78 is 10.8. The number of rotatable bonds is 4. The van der Waals surface area contributed by atoms with Gasteiger partial charge in [0.25, 0.3) is 0 Å². The molecule has 0 heterocycles. The van der Waals surface area contributed by atoms with Crippen molar-refractivity contribution in [1.82, 2.24) is 0 Å². The summed E-state index contributed by atoms with van der Waals surface area (Å²) in [5.41, 5.74) is 2.18. The highest BCUT2D eigenvalue weighted by molar-refractivity contribution is 5.93. The van der Waals surface area contributed by atoms with Crippen LogP contribution in [0.15, 0.2) is 66.7 Å². The SMILES string of the molecule is Cc1ccc(OC(=O)c2ccc(C#N)cc2)c(OC(=O)c2ccc(C#N)cc2)c1. The maximum Gasteiger partial charge on any atom is 0.343 e. The van der Waals surface area contributed by atoms with E-state index in [2.05, 4.69) is 0 Å². The first-order chi connectivity index (χ1) is 14.0. The van der Waals surface area contributed by atoms with Gasteiger partial charge in [0.05, 0.1) is 34.4 Å². The summed E-state index contributed by atoms with van der Waals surface area (Å²) in [6.07, 6.45) is 0. The molecule has 6 heteroatoms. The summed E-state index contributed by atoms with van der Waals surface area (Å²) >= 11 is 0. The Bertz CT molecular complexity index is 1150. The Hall–Kier alpha value is -4.42. The van der Waals surface area contributed by atoms with Crippen LogP contribution in [0.1, 0.15) is 37.4 Å². The Morgan fingerprint density at radius 1 is 0.690 bits per heavy atom. The molecule has 0 atom stereocenters. The van der Waals surface area contributed by atoms with E-state index in [0.717, 1.165) is 5.56 Å². The first-order valence-electron chi connectivity index (χ1n) is 8.55. The monoisotopic (exact) mass is 382 g/mol. The molecule has 29 heavy (non-hydrogen) atoms. The lowest BCUT2D eigenvalue weighted by Gasteiger charge is -2.11. The zero-order valence-corrected chi connectivity index (χ0v) is 15.4. The number of carbonyl (C=O) groups excluding carboxylic acids is 2. The van der Waals surface area contributed by atoms with Crippen molar-refractivity contribution in [3.05, 3.63) is 94.5 Å². The van der Waals surface area contributed by atoms with Crippen molar-refractivity contribution in [1.29, 1.82) is 10.5 Å². The molecular weight excluding hydrogens is 368 g/mol. The number of nitriles is 2. The fraction of sp³-hybridized carbons (Fsp3) is 0.0435. The molecular formula is C23H14N2O4. The number of hydrogen-bond acceptors (Lipinski definition) is 6. The molecule has 0 aliphatic carbocycles. The van der Waals surface area contributed by atoms with Gasteiger partial charge in [-0.3, -0.25) is 0 Å². The number of esters is 2. The van der Waals surface area contributed by atoms with Gasteiger partial charge in [-0.15, -0.1) is 0 Å². The van der Waals surface area contributed by atoms with E-state index >= 15 is 0 Å². The van der Waals surface area contributed by atoms with Crippen LogP contribution >= 0.6 is 0 Å². The van der Waals surface area contributed by atoms with Gasteiger partial charge in [0.1, 0.15) is 0 Å². The first kappa shape index (κ1) is 19.3. The fourth-order valence-corrected chi connectivity index (χ4v) is 2.46. The molecule has 0 fully saturated rings. The summed E-state index contributed by atoms with van der Waals surface area (Å²) in [4.78, 5) is 24.8. The number of carbonyl (C=O) groups is 2. The zero-order chi connectivity index (χ0) is 20.8. The molecule has 0 aromatic heterocycles. The highest BCUT2D eigenvalue weighted by atomic mass is 16.6.